The summed E-state index contributed by atoms with van der Waals surface area (Å²) in [6.07, 6.45) is 3.61. The molecule has 4 N–H and O–H groups in total. The number of carbonyl (C=O) groups excluding carboxylic acids is 1. The van der Waals surface area contributed by atoms with E-state index in [0.29, 0.717) is 11.3 Å². The highest BCUT2D eigenvalue weighted by Crippen LogP contribution is 2.38. The molecule has 1 saturated heterocycles. The Morgan fingerprint density at radius 3 is 2.61 bits per heavy atom. The standard InChI is InChI=1S/C20H18FN5OS/c21-15-9-12(5-6-14(15)16-10-25-19(22)11-24-16)13-3-1-2-4-18(13)28-26-8-7-17(26)20(23)27/h1-6,9-11,17H,7-8H2,(H2,22,25)(H2,23,27). The van der Waals surface area contributed by atoms with Gasteiger partial charge >= 0.3 is 0 Å². The van der Waals surface area contributed by atoms with Gasteiger partial charge in [-0.1, -0.05) is 24.3 Å². The number of hydrogen-bond donors (Lipinski definition) is 2. The first kappa shape index (κ1) is 18.4. The number of nitrogens with zero attached hydrogens (tertiary/aromatic N) is 3. The second-order valence-electron chi connectivity index (χ2n) is 6.46. The highest BCUT2D eigenvalue weighted by Gasteiger charge is 2.33. The molecular weight excluding hydrogens is 377 g/mol. The van der Waals surface area contributed by atoms with Gasteiger partial charge in [0.2, 0.25) is 5.91 Å². The summed E-state index contributed by atoms with van der Waals surface area (Å²) in [6, 6.07) is 12.4. The molecule has 1 unspecified atom stereocenters. The lowest BCUT2D eigenvalue weighted by Gasteiger charge is -2.37. The molecule has 0 spiro atoms. The number of nitrogen functional groups attached to an aromatic ring is 1. The summed E-state index contributed by atoms with van der Waals surface area (Å²) in [4.78, 5) is 20.5. The quantitative estimate of drug-likeness (QED) is 0.644. The van der Waals surface area contributed by atoms with Crippen LogP contribution in [0.4, 0.5) is 10.2 Å². The molecule has 2 heterocycles. The molecule has 6 nitrogen and oxygen atoms in total. The topological polar surface area (TPSA) is 98.1 Å². The van der Waals surface area contributed by atoms with Gasteiger partial charge in [0.25, 0.3) is 0 Å². The van der Waals surface area contributed by atoms with E-state index in [-0.39, 0.29) is 17.8 Å². The Kier molecular flexibility index (Phi) is 4.97. The average molecular weight is 395 g/mol. The smallest absolute Gasteiger partial charge is 0.235 e. The number of hydrogen-bond acceptors (Lipinski definition) is 6. The largest absolute Gasteiger partial charge is 0.382 e. The lowest BCUT2D eigenvalue weighted by molar-refractivity contribution is -0.124. The summed E-state index contributed by atoms with van der Waals surface area (Å²) in [6.45, 7) is 0.787. The number of nitrogens with two attached hydrogens (primary N) is 2. The van der Waals surface area contributed by atoms with Crippen LogP contribution in [0.3, 0.4) is 0 Å². The van der Waals surface area contributed by atoms with E-state index in [0.717, 1.165) is 29.0 Å². The summed E-state index contributed by atoms with van der Waals surface area (Å²) >= 11 is 1.47. The van der Waals surface area contributed by atoms with Crippen molar-refractivity contribution in [1.82, 2.24) is 14.3 Å². The number of primary amides is 1. The second-order valence-corrected chi connectivity index (χ2v) is 7.55. The van der Waals surface area contributed by atoms with Crippen molar-refractivity contribution in [2.24, 2.45) is 5.73 Å². The normalized spacial score (nSPS) is 16.5. The van der Waals surface area contributed by atoms with E-state index in [1.807, 2.05) is 34.6 Å². The zero-order chi connectivity index (χ0) is 19.7. The van der Waals surface area contributed by atoms with Crippen LogP contribution < -0.4 is 11.5 Å². The van der Waals surface area contributed by atoms with Gasteiger partial charge in [0, 0.05) is 17.0 Å². The minimum atomic E-state index is -0.393. The van der Waals surface area contributed by atoms with Crippen LogP contribution in [0, 0.1) is 5.82 Å². The summed E-state index contributed by atoms with van der Waals surface area (Å²) in [5, 5.41) is 0. The maximum Gasteiger partial charge on any atom is 0.235 e. The molecule has 0 bridgehead atoms. The highest BCUT2D eigenvalue weighted by atomic mass is 32.2. The maximum atomic E-state index is 14.8. The van der Waals surface area contributed by atoms with Crippen molar-refractivity contribution in [3.8, 4) is 22.4 Å². The number of amides is 1. The van der Waals surface area contributed by atoms with Gasteiger partial charge < -0.3 is 11.5 Å². The second kappa shape index (κ2) is 7.57. The third-order valence-corrected chi connectivity index (χ3v) is 5.85. The maximum absolute atomic E-state index is 14.8. The minimum absolute atomic E-state index is 0.263. The zero-order valence-electron chi connectivity index (χ0n) is 14.9. The first-order valence-corrected chi connectivity index (χ1v) is 9.51. The molecule has 142 valence electrons. The Bertz CT molecular complexity index is 1030. The molecule has 1 fully saturated rings. The van der Waals surface area contributed by atoms with Crippen LogP contribution >= 0.6 is 11.9 Å². The number of anilines is 1. The molecule has 0 aliphatic carbocycles. The van der Waals surface area contributed by atoms with Crippen LogP contribution in [-0.4, -0.2) is 32.8 Å². The van der Waals surface area contributed by atoms with E-state index >= 15 is 0 Å². The molecule has 1 aliphatic rings. The van der Waals surface area contributed by atoms with Crippen molar-refractivity contribution in [3.05, 3.63) is 60.7 Å². The van der Waals surface area contributed by atoms with Crippen molar-refractivity contribution >= 4 is 23.7 Å². The molecule has 1 aromatic heterocycles. The predicted molar refractivity (Wildman–Crippen MR) is 107 cm³/mol. The van der Waals surface area contributed by atoms with E-state index in [1.54, 1.807) is 6.07 Å². The number of benzene rings is 2. The first-order chi connectivity index (χ1) is 13.5. The van der Waals surface area contributed by atoms with Crippen LogP contribution in [0.1, 0.15) is 6.42 Å². The van der Waals surface area contributed by atoms with Crippen LogP contribution in [-0.2, 0) is 4.79 Å². The number of rotatable bonds is 5. The average Bonchev–Trinajstić information content (AvgIpc) is 2.66. The molecule has 0 saturated carbocycles. The van der Waals surface area contributed by atoms with Crippen LogP contribution in [0.5, 0.6) is 0 Å². The molecule has 8 heteroatoms. The van der Waals surface area contributed by atoms with Crippen molar-refractivity contribution < 1.29 is 9.18 Å². The molecule has 1 amide bonds. The number of carbonyl (C=O) groups is 1. The molecule has 4 rings (SSSR count). The zero-order valence-corrected chi connectivity index (χ0v) is 15.7. The van der Waals surface area contributed by atoms with Gasteiger partial charge in [0.15, 0.2) is 0 Å². The Morgan fingerprint density at radius 2 is 1.96 bits per heavy atom. The lowest BCUT2D eigenvalue weighted by Crippen LogP contribution is -2.50. The molecule has 3 aromatic rings. The van der Waals surface area contributed by atoms with Crippen LogP contribution in [0.25, 0.3) is 22.4 Å². The van der Waals surface area contributed by atoms with Gasteiger partial charge in [-0.25, -0.2) is 13.7 Å². The van der Waals surface area contributed by atoms with Gasteiger partial charge in [-0.2, -0.15) is 0 Å². The summed E-state index contributed by atoms with van der Waals surface area (Å²) < 4.78 is 16.7. The Hall–Kier alpha value is -2.97. The number of aromatic nitrogens is 2. The van der Waals surface area contributed by atoms with Gasteiger partial charge in [-0.3, -0.25) is 9.78 Å². The Morgan fingerprint density at radius 1 is 1.14 bits per heavy atom. The van der Waals surface area contributed by atoms with Gasteiger partial charge in [0.1, 0.15) is 17.7 Å². The highest BCUT2D eigenvalue weighted by molar-refractivity contribution is 7.97. The minimum Gasteiger partial charge on any atom is -0.382 e. The monoisotopic (exact) mass is 395 g/mol. The van der Waals surface area contributed by atoms with Crippen molar-refractivity contribution in [2.45, 2.75) is 17.4 Å². The van der Waals surface area contributed by atoms with Gasteiger partial charge in [-0.15, -0.1) is 0 Å². The van der Waals surface area contributed by atoms with E-state index in [9.17, 15) is 9.18 Å². The van der Waals surface area contributed by atoms with Crippen molar-refractivity contribution in [1.29, 1.82) is 0 Å². The number of halogens is 1. The van der Waals surface area contributed by atoms with Crippen LogP contribution in [0.2, 0.25) is 0 Å². The summed E-state index contributed by atoms with van der Waals surface area (Å²) in [7, 11) is 0. The Labute approximate surface area is 165 Å². The van der Waals surface area contributed by atoms with Crippen molar-refractivity contribution in [3.63, 3.8) is 0 Å². The fraction of sp³-hybridized carbons (Fsp3) is 0.150. The van der Waals surface area contributed by atoms with E-state index < -0.39 is 5.82 Å². The molecular formula is C20H18FN5OS. The molecule has 28 heavy (non-hydrogen) atoms. The third kappa shape index (κ3) is 3.56. The van der Waals surface area contributed by atoms with E-state index in [2.05, 4.69) is 9.97 Å². The molecule has 2 aromatic carbocycles. The summed E-state index contributed by atoms with van der Waals surface area (Å²) in [5.41, 5.74) is 13.4. The molecule has 1 aliphatic heterocycles. The van der Waals surface area contributed by atoms with Gasteiger partial charge in [-0.05, 0) is 47.7 Å². The lowest BCUT2D eigenvalue weighted by atomic mass is 10.0. The molecule has 1 atom stereocenters. The fourth-order valence-electron chi connectivity index (χ4n) is 3.04. The first-order valence-electron chi connectivity index (χ1n) is 8.73. The van der Waals surface area contributed by atoms with E-state index in [4.69, 9.17) is 11.5 Å². The van der Waals surface area contributed by atoms with E-state index in [1.165, 1.54) is 30.4 Å². The third-order valence-electron chi connectivity index (χ3n) is 4.63. The van der Waals surface area contributed by atoms with Gasteiger partial charge in [0.05, 0.1) is 18.1 Å². The SMILES string of the molecule is NC(=O)C1CCN1Sc1ccccc1-c1ccc(-c2cnc(N)cn2)c(F)c1. The fourth-order valence-corrected chi connectivity index (χ4v) is 4.25. The van der Waals surface area contributed by atoms with Crippen LogP contribution in [0.15, 0.2) is 59.8 Å². The molecule has 0 radical (unpaired) electrons. The van der Waals surface area contributed by atoms with Crippen molar-refractivity contribution in [2.75, 3.05) is 12.3 Å². The predicted octanol–water partition coefficient (Wildman–Crippen LogP) is 3.10. The Balaban J connectivity index is 1.64. The summed E-state index contributed by atoms with van der Waals surface area (Å²) in [5.74, 6) is -0.432.